The van der Waals surface area contributed by atoms with E-state index in [9.17, 15) is 4.79 Å². The predicted octanol–water partition coefficient (Wildman–Crippen LogP) is 2.84. The lowest BCUT2D eigenvalue weighted by molar-refractivity contribution is 0.0667. The van der Waals surface area contributed by atoms with Crippen molar-refractivity contribution >= 4 is 5.91 Å². The predicted molar refractivity (Wildman–Crippen MR) is 94.0 cm³/mol. The first-order valence-electron chi connectivity index (χ1n) is 9.43. The van der Waals surface area contributed by atoms with Crippen LogP contribution in [0.1, 0.15) is 60.6 Å². The molecule has 1 aliphatic carbocycles. The minimum Gasteiger partial charge on any atom is -0.478 e. The molecule has 1 saturated carbocycles. The fourth-order valence-electron chi connectivity index (χ4n) is 3.44. The molecule has 2 aliphatic rings. The van der Waals surface area contributed by atoms with E-state index in [1.807, 2.05) is 11.8 Å². The number of carbonyl (C=O) groups excluding carboxylic acids is 1. The molecule has 7 nitrogen and oxygen atoms in total. The molecule has 1 aliphatic heterocycles. The van der Waals surface area contributed by atoms with Gasteiger partial charge in [-0.15, -0.1) is 0 Å². The molecule has 0 radical (unpaired) electrons. The van der Waals surface area contributed by atoms with Crippen molar-refractivity contribution in [2.24, 2.45) is 5.92 Å². The molecule has 0 bridgehead atoms. The first-order valence-corrected chi connectivity index (χ1v) is 9.43. The molecular formula is C19H24N4O3. The monoisotopic (exact) mass is 356 g/mol. The summed E-state index contributed by atoms with van der Waals surface area (Å²) in [5.74, 6) is 2.98. The molecule has 1 saturated heterocycles. The van der Waals surface area contributed by atoms with Crippen LogP contribution in [-0.4, -0.2) is 45.6 Å². The summed E-state index contributed by atoms with van der Waals surface area (Å²) in [7, 11) is 0. The number of hydrogen-bond donors (Lipinski definition) is 0. The van der Waals surface area contributed by atoms with E-state index in [4.69, 9.17) is 9.26 Å². The summed E-state index contributed by atoms with van der Waals surface area (Å²) in [4.78, 5) is 23.4. The molecule has 2 fully saturated rings. The zero-order valence-electron chi connectivity index (χ0n) is 15.1. The number of ether oxygens (including phenoxy) is 1. The minimum absolute atomic E-state index is 0.0226. The number of likely N-dealkylation sites (tertiary alicyclic amines) is 1. The average Bonchev–Trinajstić information content (AvgIpc) is 3.42. The second-order valence-electron chi connectivity index (χ2n) is 7.10. The van der Waals surface area contributed by atoms with Gasteiger partial charge in [0.25, 0.3) is 5.91 Å². The van der Waals surface area contributed by atoms with Crippen molar-refractivity contribution in [3.8, 4) is 5.88 Å². The lowest BCUT2D eigenvalue weighted by Gasteiger charge is -2.32. The van der Waals surface area contributed by atoms with Gasteiger partial charge in [-0.05, 0) is 44.6 Å². The van der Waals surface area contributed by atoms with Gasteiger partial charge in [0.05, 0.1) is 12.2 Å². The molecule has 1 atom stereocenters. The Balaban J connectivity index is 1.36. The third kappa shape index (κ3) is 3.86. The van der Waals surface area contributed by atoms with E-state index < -0.39 is 0 Å². The van der Waals surface area contributed by atoms with Crippen LogP contribution in [0.4, 0.5) is 0 Å². The van der Waals surface area contributed by atoms with Crippen LogP contribution in [0.15, 0.2) is 22.9 Å². The number of piperidine rings is 1. The maximum Gasteiger partial charge on any atom is 0.255 e. The van der Waals surface area contributed by atoms with Gasteiger partial charge in [-0.1, -0.05) is 5.16 Å². The Bertz CT molecular complexity index is 754. The number of pyridine rings is 1. The highest BCUT2D eigenvalue weighted by Gasteiger charge is 2.30. The summed E-state index contributed by atoms with van der Waals surface area (Å²) < 4.78 is 10.7. The Labute approximate surface area is 152 Å². The molecule has 138 valence electrons. The van der Waals surface area contributed by atoms with Gasteiger partial charge in [-0.3, -0.25) is 4.79 Å². The Hall–Kier alpha value is -2.44. The second kappa shape index (κ2) is 7.43. The van der Waals surface area contributed by atoms with Gasteiger partial charge in [0.1, 0.15) is 0 Å². The Morgan fingerprint density at radius 2 is 2.23 bits per heavy atom. The van der Waals surface area contributed by atoms with E-state index in [-0.39, 0.29) is 5.91 Å². The van der Waals surface area contributed by atoms with Gasteiger partial charge < -0.3 is 14.2 Å². The quantitative estimate of drug-likeness (QED) is 0.792. The zero-order chi connectivity index (χ0) is 17.9. The summed E-state index contributed by atoms with van der Waals surface area (Å²) in [5.41, 5.74) is 0.600. The topological polar surface area (TPSA) is 81.4 Å². The molecule has 1 unspecified atom stereocenters. The highest BCUT2D eigenvalue weighted by molar-refractivity contribution is 5.94. The van der Waals surface area contributed by atoms with E-state index in [1.165, 1.54) is 12.8 Å². The van der Waals surface area contributed by atoms with Crippen LogP contribution < -0.4 is 4.74 Å². The number of aromatic nitrogens is 3. The number of nitrogens with zero attached hydrogens (tertiary/aromatic N) is 4. The van der Waals surface area contributed by atoms with Gasteiger partial charge in [0.15, 0.2) is 5.82 Å². The maximum absolute atomic E-state index is 12.8. The highest BCUT2D eigenvalue weighted by atomic mass is 16.5. The molecule has 4 rings (SSSR count). The highest BCUT2D eigenvalue weighted by Crippen LogP contribution is 2.38. The van der Waals surface area contributed by atoms with Gasteiger partial charge in [0, 0.05) is 37.7 Å². The normalized spacial score (nSPS) is 20.2. The van der Waals surface area contributed by atoms with E-state index >= 15 is 0 Å². The van der Waals surface area contributed by atoms with E-state index in [0.29, 0.717) is 42.3 Å². The standard InChI is InChI=1S/C19H24N4O3/c1-2-25-16-8-7-15(11-20-16)19(24)23-9-3-4-13(12-23)10-17-21-18(22-26-17)14-5-6-14/h7-8,11,13-14H,2-6,9-10,12H2,1H3. The summed E-state index contributed by atoms with van der Waals surface area (Å²) in [5, 5.41) is 4.08. The number of rotatable bonds is 6. The lowest BCUT2D eigenvalue weighted by Crippen LogP contribution is -2.40. The van der Waals surface area contributed by atoms with Crippen LogP contribution in [0.25, 0.3) is 0 Å². The third-order valence-electron chi connectivity index (χ3n) is 4.97. The van der Waals surface area contributed by atoms with Crippen LogP contribution in [-0.2, 0) is 6.42 Å². The molecule has 26 heavy (non-hydrogen) atoms. The number of hydrogen-bond acceptors (Lipinski definition) is 6. The van der Waals surface area contributed by atoms with Crippen molar-refractivity contribution in [2.45, 2.75) is 44.9 Å². The van der Waals surface area contributed by atoms with Gasteiger partial charge in [-0.2, -0.15) is 4.98 Å². The van der Waals surface area contributed by atoms with Gasteiger partial charge in [-0.25, -0.2) is 4.98 Å². The van der Waals surface area contributed by atoms with Gasteiger partial charge >= 0.3 is 0 Å². The van der Waals surface area contributed by atoms with Crippen molar-refractivity contribution in [3.05, 3.63) is 35.6 Å². The molecule has 3 heterocycles. The average molecular weight is 356 g/mol. The van der Waals surface area contributed by atoms with Crippen molar-refractivity contribution in [2.75, 3.05) is 19.7 Å². The molecule has 0 spiro atoms. The second-order valence-corrected chi connectivity index (χ2v) is 7.10. The van der Waals surface area contributed by atoms with Gasteiger partial charge in [0.2, 0.25) is 11.8 Å². The Morgan fingerprint density at radius 3 is 2.96 bits per heavy atom. The smallest absolute Gasteiger partial charge is 0.255 e. The first-order chi connectivity index (χ1) is 12.7. The molecule has 0 aromatic carbocycles. The van der Waals surface area contributed by atoms with Crippen LogP contribution in [0, 0.1) is 5.92 Å². The molecule has 2 aromatic heterocycles. The fourth-order valence-corrected chi connectivity index (χ4v) is 3.44. The van der Waals surface area contributed by atoms with E-state index in [0.717, 1.165) is 31.6 Å². The molecular weight excluding hydrogens is 332 g/mol. The Morgan fingerprint density at radius 1 is 1.35 bits per heavy atom. The van der Waals surface area contributed by atoms with Crippen molar-refractivity contribution in [1.29, 1.82) is 0 Å². The zero-order valence-corrected chi connectivity index (χ0v) is 15.1. The number of carbonyl (C=O) groups is 1. The Kier molecular flexibility index (Phi) is 4.86. The SMILES string of the molecule is CCOc1ccc(C(=O)N2CCCC(Cc3nc(C4CC4)no3)C2)cn1. The maximum atomic E-state index is 12.8. The molecule has 7 heteroatoms. The minimum atomic E-state index is 0.0226. The summed E-state index contributed by atoms with van der Waals surface area (Å²) in [6.45, 7) is 3.96. The van der Waals surface area contributed by atoms with Crippen LogP contribution in [0.3, 0.4) is 0 Å². The fraction of sp³-hybridized carbons (Fsp3) is 0.579. The van der Waals surface area contributed by atoms with Crippen LogP contribution >= 0.6 is 0 Å². The third-order valence-corrected chi connectivity index (χ3v) is 4.97. The summed E-state index contributed by atoms with van der Waals surface area (Å²) in [6.07, 6.45) is 6.74. The number of amides is 1. The largest absolute Gasteiger partial charge is 0.478 e. The van der Waals surface area contributed by atoms with Crippen molar-refractivity contribution < 1.29 is 14.1 Å². The molecule has 0 N–H and O–H groups in total. The lowest BCUT2D eigenvalue weighted by atomic mass is 9.94. The summed E-state index contributed by atoms with van der Waals surface area (Å²) in [6, 6.07) is 3.53. The van der Waals surface area contributed by atoms with Crippen LogP contribution in [0.5, 0.6) is 5.88 Å². The van der Waals surface area contributed by atoms with E-state index in [1.54, 1.807) is 18.3 Å². The molecule has 1 amide bonds. The van der Waals surface area contributed by atoms with Crippen LogP contribution in [0.2, 0.25) is 0 Å². The van der Waals surface area contributed by atoms with Crippen molar-refractivity contribution in [1.82, 2.24) is 20.0 Å². The first kappa shape index (κ1) is 17.0. The summed E-state index contributed by atoms with van der Waals surface area (Å²) >= 11 is 0. The molecule has 2 aromatic rings. The van der Waals surface area contributed by atoms with Crippen molar-refractivity contribution in [3.63, 3.8) is 0 Å². The van der Waals surface area contributed by atoms with E-state index in [2.05, 4.69) is 15.1 Å².